The number of aromatic nitrogens is 4. The molecule has 1 fully saturated rings. The van der Waals surface area contributed by atoms with Crippen molar-refractivity contribution in [2.45, 2.75) is 6.54 Å². The van der Waals surface area contributed by atoms with Gasteiger partial charge in [0.25, 0.3) is 5.56 Å². The minimum absolute atomic E-state index is 0.139. The first-order valence-corrected chi connectivity index (χ1v) is 10.8. The van der Waals surface area contributed by atoms with Crippen LogP contribution in [0, 0.1) is 0 Å². The molecular weight excluding hydrogens is 418 g/mol. The molecule has 33 heavy (non-hydrogen) atoms. The van der Waals surface area contributed by atoms with Gasteiger partial charge in [-0.05, 0) is 24.3 Å². The molecule has 9 heteroatoms. The predicted octanol–water partition coefficient (Wildman–Crippen LogP) is 2.15. The smallest absolute Gasteiger partial charge is 0.261 e. The highest BCUT2D eigenvalue weighted by Gasteiger charge is 2.19. The molecule has 0 unspecified atom stereocenters. The Balaban J connectivity index is 1.19. The largest absolute Gasteiger partial charge is 0.368 e. The zero-order valence-corrected chi connectivity index (χ0v) is 18.0. The first kappa shape index (κ1) is 20.6. The number of fused-ring (bicyclic) bond motifs is 1. The van der Waals surface area contributed by atoms with Crippen LogP contribution >= 0.6 is 0 Å². The lowest BCUT2D eigenvalue weighted by Gasteiger charge is -2.36. The summed E-state index contributed by atoms with van der Waals surface area (Å²) in [6.45, 7) is 3.28. The van der Waals surface area contributed by atoms with Gasteiger partial charge in [0.15, 0.2) is 0 Å². The highest BCUT2D eigenvalue weighted by Crippen LogP contribution is 2.18. The molecular formula is C24H23N7O2. The second-order valence-electron chi connectivity index (χ2n) is 7.82. The van der Waals surface area contributed by atoms with Gasteiger partial charge in [-0.15, -0.1) is 0 Å². The van der Waals surface area contributed by atoms with Crippen molar-refractivity contribution in [2.24, 2.45) is 0 Å². The zero-order valence-electron chi connectivity index (χ0n) is 18.0. The monoisotopic (exact) mass is 441 g/mol. The third-order valence-electron chi connectivity index (χ3n) is 5.65. The van der Waals surface area contributed by atoms with Gasteiger partial charge in [-0.1, -0.05) is 30.3 Å². The van der Waals surface area contributed by atoms with E-state index >= 15 is 0 Å². The lowest BCUT2D eigenvalue weighted by Crippen LogP contribution is -2.47. The van der Waals surface area contributed by atoms with Gasteiger partial charge in [0, 0.05) is 31.9 Å². The Labute approximate surface area is 190 Å². The van der Waals surface area contributed by atoms with Crippen molar-refractivity contribution in [3.8, 4) is 0 Å². The van der Waals surface area contributed by atoms with E-state index in [0.29, 0.717) is 22.5 Å². The van der Waals surface area contributed by atoms with E-state index in [1.54, 1.807) is 30.6 Å². The van der Waals surface area contributed by atoms with Gasteiger partial charge in [-0.2, -0.15) is 0 Å². The molecule has 1 amide bonds. The summed E-state index contributed by atoms with van der Waals surface area (Å²) in [4.78, 5) is 42.6. The summed E-state index contributed by atoms with van der Waals surface area (Å²) in [6, 6.07) is 17.4. The molecule has 0 radical (unpaired) electrons. The highest BCUT2D eigenvalue weighted by atomic mass is 16.2. The average molecular weight is 441 g/mol. The molecule has 0 aliphatic carbocycles. The van der Waals surface area contributed by atoms with Crippen molar-refractivity contribution in [1.29, 1.82) is 0 Å². The molecule has 5 rings (SSSR count). The van der Waals surface area contributed by atoms with E-state index in [9.17, 15) is 9.59 Å². The third-order valence-corrected chi connectivity index (χ3v) is 5.65. The number of nitrogens with zero attached hydrogens (tertiary/aromatic N) is 6. The number of nitrogens with one attached hydrogen (secondary N) is 1. The number of piperazine rings is 1. The lowest BCUT2D eigenvalue weighted by atomic mass is 10.2. The number of carbonyl (C=O) groups excluding carboxylic acids is 1. The quantitative estimate of drug-likeness (QED) is 0.507. The first-order valence-electron chi connectivity index (χ1n) is 10.8. The summed E-state index contributed by atoms with van der Waals surface area (Å²) in [5, 5.41) is 3.23. The Morgan fingerprint density at radius 3 is 2.27 bits per heavy atom. The second kappa shape index (κ2) is 9.07. The van der Waals surface area contributed by atoms with Gasteiger partial charge < -0.3 is 15.1 Å². The Kier molecular flexibility index (Phi) is 5.67. The van der Waals surface area contributed by atoms with Gasteiger partial charge >= 0.3 is 0 Å². The molecule has 2 aromatic carbocycles. The van der Waals surface area contributed by atoms with Crippen molar-refractivity contribution < 1.29 is 4.79 Å². The molecule has 0 bridgehead atoms. The van der Waals surface area contributed by atoms with Crippen LogP contribution in [0.1, 0.15) is 0 Å². The summed E-state index contributed by atoms with van der Waals surface area (Å²) in [6.07, 6.45) is 4.56. The first-order chi connectivity index (χ1) is 16.2. The molecule has 1 aliphatic heterocycles. The van der Waals surface area contributed by atoms with Crippen LogP contribution in [0.15, 0.2) is 78.1 Å². The maximum atomic E-state index is 12.6. The van der Waals surface area contributed by atoms with E-state index in [1.807, 2.05) is 24.3 Å². The van der Waals surface area contributed by atoms with E-state index < -0.39 is 0 Å². The van der Waals surface area contributed by atoms with Crippen molar-refractivity contribution in [2.75, 3.05) is 41.3 Å². The molecule has 1 aliphatic rings. The molecule has 0 atom stereocenters. The molecule has 166 valence electrons. The van der Waals surface area contributed by atoms with E-state index in [1.165, 1.54) is 16.6 Å². The van der Waals surface area contributed by atoms with E-state index in [-0.39, 0.29) is 18.0 Å². The van der Waals surface area contributed by atoms with E-state index in [2.05, 4.69) is 42.2 Å². The normalized spacial score (nSPS) is 13.8. The maximum Gasteiger partial charge on any atom is 0.261 e. The molecule has 4 aromatic rings. The predicted molar refractivity (Wildman–Crippen MR) is 128 cm³/mol. The minimum atomic E-state index is -0.345. The summed E-state index contributed by atoms with van der Waals surface area (Å²) in [5.74, 6) is 0.290. The van der Waals surface area contributed by atoms with Crippen LogP contribution < -0.4 is 20.7 Å². The van der Waals surface area contributed by atoms with Crippen molar-refractivity contribution in [3.63, 3.8) is 0 Å². The topological polar surface area (TPSA) is 96.2 Å². The van der Waals surface area contributed by atoms with Crippen LogP contribution in [0.25, 0.3) is 10.9 Å². The van der Waals surface area contributed by atoms with Crippen LogP contribution in [0.4, 0.5) is 17.3 Å². The number of rotatable bonds is 5. The summed E-state index contributed by atoms with van der Waals surface area (Å²) >= 11 is 0. The standard InChI is InChI=1S/C24H23N7O2/c32-22(16-31-17-27-21-9-5-4-8-20(21)23(31)33)28-18-14-25-24(26-15-18)30-12-10-29(11-13-30)19-6-2-1-3-7-19/h1-9,14-15,17H,10-13,16H2,(H,28,32). The van der Waals surface area contributed by atoms with Gasteiger partial charge in [0.05, 0.1) is 35.3 Å². The Morgan fingerprint density at radius 1 is 0.848 bits per heavy atom. The van der Waals surface area contributed by atoms with Crippen LogP contribution in [-0.2, 0) is 11.3 Å². The van der Waals surface area contributed by atoms with Crippen molar-refractivity contribution in [3.05, 3.63) is 83.7 Å². The van der Waals surface area contributed by atoms with Gasteiger partial charge in [-0.25, -0.2) is 15.0 Å². The van der Waals surface area contributed by atoms with Crippen LogP contribution in [0.3, 0.4) is 0 Å². The number of hydrogen-bond donors (Lipinski definition) is 1. The van der Waals surface area contributed by atoms with Crippen LogP contribution in [0.5, 0.6) is 0 Å². The second-order valence-corrected chi connectivity index (χ2v) is 7.82. The fourth-order valence-electron chi connectivity index (χ4n) is 3.93. The van der Waals surface area contributed by atoms with E-state index in [4.69, 9.17) is 0 Å². The third kappa shape index (κ3) is 4.52. The summed E-state index contributed by atoms with van der Waals surface area (Å²) in [5.41, 5.74) is 2.05. The SMILES string of the molecule is O=C(Cn1cnc2ccccc2c1=O)Nc1cnc(N2CCN(c3ccccc3)CC2)nc1. The molecule has 3 heterocycles. The maximum absolute atomic E-state index is 12.6. The average Bonchev–Trinajstić information content (AvgIpc) is 2.87. The van der Waals surface area contributed by atoms with Crippen molar-refractivity contribution in [1.82, 2.24) is 19.5 Å². The molecule has 1 saturated heterocycles. The van der Waals surface area contributed by atoms with Crippen molar-refractivity contribution >= 4 is 34.1 Å². The number of carbonyl (C=O) groups is 1. The Hall–Kier alpha value is -4.27. The van der Waals surface area contributed by atoms with Gasteiger partial charge in [0.2, 0.25) is 11.9 Å². The molecule has 0 spiro atoms. The number of benzene rings is 2. The van der Waals surface area contributed by atoms with E-state index in [0.717, 1.165) is 26.2 Å². The fourth-order valence-corrected chi connectivity index (χ4v) is 3.93. The summed E-state index contributed by atoms with van der Waals surface area (Å²) in [7, 11) is 0. The fraction of sp³-hybridized carbons (Fsp3) is 0.208. The molecule has 0 saturated carbocycles. The molecule has 1 N–H and O–H groups in total. The van der Waals surface area contributed by atoms with Gasteiger partial charge in [0.1, 0.15) is 6.54 Å². The van der Waals surface area contributed by atoms with Crippen LogP contribution in [-0.4, -0.2) is 51.6 Å². The Morgan fingerprint density at radius 2 is 1.52 bits per heavy atom. The Bertz CT molecular complexity index is 1310. The van der Waals surface area contributed by atoms with Gasteiger partial charge in [-0.3, -0.25) is 14.2 Å². The number of hydrogen-bond acceptors (Lipinski definition) is 7. The molecule has 9 nitrogen and oxygen atoms in total. The van der Waals surface area contributed by atoms with Crippen LogP contribution in [0.2, 0.25) is 0 Å². The zero-order chi connectivity index (χ0) is 22.6. The lowest BCUT2D eigenvalue weighted by molar-refractivity contribution is -0.116. The number of para-hydroxylation sites is 2. The molecule has 2 aromatic heterocycles. The highest BCUT2D eigenvalue weighted by molar-refractivity contribution is 5.90. The number of amides is 1. The summed E-state index contributed by atoms with van der Waals surface area (Å²) < 4.78 is 1.29. The minimum Gasteiger partial charge on any atom is -0.368 e. The number of anilines is 3.